The summed E-state index contributed by atoms with van der Waals surface area (Å²) in [6.45, 7) is 0.936. The molecule has 0 fully saturated rings. The lowest BCUT2D eigenvalue weighted by atomic mass is 10.2. The standard InChI is InChI=1S/C11H10ClFN2O/c12-9-2-1-8(11(13)5-9)6-14-7-10-3-4-15-16-10/h1-5,14H,6-7H2. The lowest BCUT2D eigenvalue weighted by Gasteiger charge is -2.04. The average Bonchev–Trinajstić information content (AvgIpc) is 2.74. The molecule has 1 heterocycles. The lowest BCUT2D eigenvalue weighted by molar-refractivity contribution is 0.372. The van der Waals surface area contributed by atoms with Crippen LogP contribution in [0.25, 0.3) is 0 Å². The van der Waals surface area contributed by atoms with E-state index in [2.05, 4.69) is 10.5 Å². The Morgan fingerprint density at radius 2 is 2.19 bits per heavy atom. The molecule has 1 aromatic heterocycles. The minimum absolute atomic E-state index is 0.308. The monoisotopic (exact) mass is 240 g/mol. The van der Waals surface area contributed by atoms with Gasteiger partial charge in [0.05, 0.1) is 12.7 Å². The van der Waals surface area contributed by atoms with Crippen LogP contribution in [0.5, 0.6) is 0 Å². The first-order valence-corrected chi connectivity index (χ1v) is 5.18. The van der Waals surface area contributed by atoms with E-state index in [1.807, 2.05) is 0 Å². The Kier molecular flexibility index (Phi) is 3.54. The highest BCUT2D eigenvalue weighted by Gasteiger charge is 2.03. The van der Waals surface area contributed by atoms with E-state index in [0.29, 0.717) is 23.7 Å². The fourth-order valence-corrected chi connectivity index (χ4v) is 1.48. The Bertz CT molecular complexity index is 459. The maximum Gasteiger partial charge on any atom is 0.150 e. The average molecular weight is 241 g/mol. The van der Waals surface area contributed by atoms with Crippen LogP contribution < -0.4 is 5.32 Å². The van der Waals surface area contributed by atoms with Gasteiger partial charge in [0.25, 0.3) is 0 Å². The molecule has 0 spiro atoms. The highest BCUT2D eigenvalue weighted by molar-refractivity contribution is 6.30. The van der Waals surface area contributed by atoms with Crippen molar-refractivity contribution in [1.29, 1.82) is 0 Å². The van der Waals surface area contributed by atoms with Crippen molar-refractivity contribution in [2.24, 2.45) is 0 Å². The summed E-state index contributed by atoms with van der Waals surface area (Å²) in [5.74, 6) is 0.409. The molecule has 0 saturated heterocycles. The van der Waals surface area contributed by atoms with E-state index in [1.54, 1.807) is 24.4 Å². The summed E-state index contributed by atoms with van der Waals surface area (Å²) in [6.07, 6.45) is 1.57. The van der Waals surface area contributed by atoms with E-state index in [0.717, 1.165) is 5.76 Å². The summed E-state index contributed by atoms with van der Waals surface area (Å²) in [6, 6.07) is 6.37. The van der Waals surface area contributed by atoms with Crippen molar-refractivity contribution in [2.45, 2.75) is 13.1 Å². The van der Waals surface area contributed by atoms with Gasteiger partial charge in [0.2, 0.25) is 0 Å². The van der Waals surface area contributed by atoms with Crippen LogP contribution >= 0.6 is 11.6 Å². The summed E-state index contributed by atoms with van der Waals surface area (Å²) in [7, 11) is 0. The van der Waals surface area contributed by atoms with Gasteiger partial charge in [-0.3, -0.25) is 0 Å². The summed E-state index contributed by atoms with van der Waals surface area (Å²) in [5.41, 5.74) is 0.573. The van der Waals surface area contributed by atoms with Crippen LogP contribution in [0.2, 0.25) is 5.02 Å². The fourth-order valence-electron chi connectivity index (χ4n) is 1.32. The zero-order valence-electron chi connectivity index (χ0n) is 8.41. The minimum Gasteiger partial charge on any atom is -0.360 e. The van der Waals surface area contributed by atoms with Crippen LogP contribution in [0.1, 0.15) is 11.3 Å². The van der Waals surface area contributed by atoms with Crippen LogP contribution in [0.15, 0.2) is 35.0 Å². The molecule has 0 saturated carbocycles. The quantitative estimate of drug-likeness (QED) is 0.893. The number of halogens is 2. The number of nitrogens with zero attached hydrogens (tertiary/aromatic N) is 1. The van der Waals surface area contributed by atoms with Crippen molar-refractivity contribution in [1.82, 2.24) is 10.5 Å². The molecule has 0 atom stereocenters. The van der Waals surface area contributed by atoms with E-state index in [4.69, 9.17) is 16.1 Å². The van der Waals surface area contributed by atoms with E-state index < -0.39 is 0 Å². The fraction of sp³-hybridized carbons (Fsp3) is 0.182. The smallest absolute Gasteiger partial charge is 0.150 e. The molecule has 0 aliphatic rings. The molecular weight excluding hydrogens is 231 g/mol. The molecule has 0 unspecified atom stereocenters. The molecule has 1 N–H and O–H groups in total. The first-order valence-electron chi connectivity index (χ1n) is 4.80. The van der Waals surface area contributed by atoms with E-state index >= 15 is 0 Å². The molecule has 0 aliphatic carbocycles. The van der Waals surface area contributed by atoms with E-state index in [9.17, 15) is 4.39 Å². The summed E-state index contributed by atoms with van der Waals surface area (Å²) in [5, 5.41) is 7.02. The third kappa shape index (κ3) is 2.81. The molecule has 2 rings (SSSR count). The van der Waals surface area contributed by atoms with Crippen molar-refractivity contribution in [3.8, 4) is 0 Å². The molecular formula is C11H10ClFN2O. The number of nitrogens with one attached hydrogen (secondary N) is 1. The number of hydrogen-bond acceptors (Lipinski definition) is 3. The van der Waals surface area contributed by atoms with Crippen molar-refractivity contribution in [2.75, 3.05) is 0 Å². The number of rotatable bonds is 4. The topological polar surface area (TPSA) is 38.1 Å². The van der Waals surface area contributed by atoms with Crippen LogP contribution in [-0.4, -0.2) is 5.16 Å². The molecule has 0 radical (unpaired) electrons. The molecule has 0 aliphatic heterocycles. The van der Waals surface area contributed by atoms with Gasteiger partial charge in [0, 0.05) is 23.2 Å². The van der Waals surface area contributed by atoms with Crippen molar-refractivity contribution in [3.05, 3.63) is 52.6 Å². The van der Waals surface area contributed by atoms with Crippen molar-refractivity contribution < 1.29 is 8.91 Å². The van der Waals surface area contributed by atoms with Crippen LogP contribution in [0.3, 0.4) is 0 Å². The summed E-state index contributed by atoms with van der Waals surface area (Å²) < 4.78 is 18.2. The molecule has 16 heavy (non-hydrogen) atoms. The highest BCUT2D eigenvalue weighted by Crippen LogP contribution is 2.14. The predicted octanol–water partition coefficient (Wildman–Crippen LogP) is 2.76. The van der Waals surface area contributed by atoms with Gasteiger partial charge in [0.1, 0.15) is 11.6 Å². The summed E-state index contributed by atoms with van der Waals surface area (Å²) in [4.78, 5) is 0. The van der Waals surface area contributed by atoms with Gasteiger partial charge < -0.3 is 9.84 Å². The maximum atomic E-state index is 13.4. The first-order chi connectivity index (χ1) is 7.75. The zero-order valence-corrected chi connectivity index (χ0v) is 9.17. The Balaban J connectivity index is 1.90. The maximum absolute atomic E-state index is 13.4. The van der Waals surface area contributed by atoms with Gasteiger partial charge in [0.15, 0.2) is 0 Å². The molecule has 0 amide bonds. The number of aromatic nitrogens is 1. The largest absolute Gasteiger partial charge is 0.360 e. The van der Waals surface area contributed by atoms with Gasteiger partial charge in [-0.2, -0.15) is 0 Å². The normalized spacial score (nSPS) is 10.6. The van der Waals surface area contributed by atoms with E-state index in [-0.39, 0.29) is 5.82 Å². The minimum atomic E-state index is -0.308. The summed E-state index contributed by atoms with van der Waals surface area (Å²) >= 11 is 5.65. The Hall–Kier alpha value is -1.39. The number of hydrogen-bond donors (Lipinski definition) is 1. The molecule has 2 aromatic rings. The Morgan fingerprint density at radius 3 is 2.88 bits per heavy atom. The Morgan fingerprint density at radius 1 is 1.31 bits per heavy atom. The number of benzene rings is 1. The molecule has 5 heteroatoms. The second-order valence-corrected chi connectivity index (χ2v) is 3.75. The van der Waals surface area contributed by atoms with E-state index in [1.165, 1.54) is 6.07 Å². The van der Waals surface area contributed by atoms with Crippen LogP contribution in [-0.2, 0) is 13.1 Å². The van der Waals surface area contributed by atoms with Crippen molar-refractivity contribution >= 4 is 11.6 Å². The Labute approximate surface area is 97.2 Å². The van der Waals surface area contributed by atoms with Gasteiger partial charge in [-0.25, -0.2) is 4.39 Å². The van der Waals surface area contributed by atoms with Gasteiger partial charge in [-0.05, 0) is 12.1 Å². The van der Waals surface area contributed by atoms with Gasteiger partial charge in [-0.15, -0.1) is 0 Å². The third-order valence-electron chi connectivity index (χ3n) is 2.12. The highest BCUT2D eigenvalue weighted by atomic mass is 35.5. The molecule has 84 valence electrons. The van der Waals surface area contributed by atoms with Crippen molar-refractivity contribution in [3.63, 3.8) is 0 Å². The first kappa shape index (κ1) is 11.1. The SMILES string of the molecule is Fc1cc(Cl)ccc1CNCc1ccno1. The van der Waals surface area contributed by atoms with Crippen LogP contribution in [0, 0.1) is 5.82 Å². The second kappa shape index (κ2) is 5.09. The second-order valence-electron chi connectivity index (χ2n) is 3.32. The lowest BCUT2D eigenvalue weighted by Crippen LogP contribution is -2.13. The zero-order chi connectivity index (χ0) is 11.4. The third-order valence-corrected chi connectivity index (χ3v) is 2.36. The van der Waals surface area contributed by atoms with Gasteiger partial charge in [-0.1, -0.05) is 22.8 Å². The predicted molar refractivity (Wildman–Crippen MR) is 58.5 cm³/mol. The molecule has 1 aromatic carbocycles. The van der Waals surface area contributed by atoms with Gasteiger partial charge >= 0.3 is 0 Å². The van der Waals surface area contributed by atoms with Crippen LogP contribution in [0.4, 0.5) is 4.39 Å². The molecule has 0 bridgehead atoms. The molecule has 3 nitrogen and oxygen atoms in total.